The van der Waals surface area contributed by atoms with Crippen LogP contribution in [-0.2, 0) is 9.59 Å². The van der Waals surface area contributed by atoms with Crippen molar-refractivity contribution < 1.29 is 14.0 Å². The van der Waals surface area contributed by atoms with E-state index in [1.807, 2.05) is 32.0 Å². The van der Waals surface area contributed by atoms with E-state index in [1.54, 1.807) is 12.1 Å². The normalized spacial score (nSPS) is 14.5. The molecule has 0 bridgehead atoms. The Morgan fingerprint density at radius 3 is 2.17 bits per heavy atom. The Morgan fingerprint density at radius 1 is 0.931 bits per heavy atom. The minimum Gasteiger partial charge on any atom is -0.369 e. The second kappa shape index (κ2) is 9.52. The minimum absolute atomic E-state index is 0.232. The summed E-state index contributed by atoms with van der Waals surface area (Å²) >= 11 is 0. The van der Waals surface area contributed by atoms with E-state index in [9.17, 15) is 14.0 Å². The molecule has 0 aromatic heterocycles. The summed E-state index contributed by atoms with van der Waals surface area (Å²) in [7, 11) is 0. The van der Waals surface area contributed by atoms with E-state index in [1.165, 1.54) is 12.1 Å². The Bertz CT molecular complexity index is 841. The molecule has 2 aromatic carbocycles. The van der Waals surface area contributed by atoms with Crippen molar-refractivity contribution in [3.05, 3.63) is 59.4 Å². The molecule has 0 radical (unpaired) electrons. The van der Waals surface area contributed by atoms with Gasteiger partial charge in [-0.1, -0.05) is 18.2 Å². The van der Waals surface area contributed by atoms with Gasteiger partial charge in [0.2, 0.25) is 0 Å². The molecule has 7 heteroatoms. The van der Waals surface area contributed by atoms with Gasteiger partial charge in [-0.05, 0) is 49.2 Å². The Morgan fingerprint density at radius 2 is 1.55 bits per heavy atom. The van der Waals surface area contributed by atoms with E-state index in [0.717, 1.165) is 43.0 Å². The van der Waals surface area contributed by atoms with Crippen LogP contribution in [0.4, 0.5) is 15.8 Å². The van der Waals surface area contributed by atoms with Crippen molar-refractivity contribution in [1.29, 1.82) is 0 Å². The van der Waals surface area contributed by atoms with Crippen molar-refractivity contribution >= 4 is 23.2 Å². The Labute approximate surface area is 170 Å². The molecule has 6 nitrogen and oxygen atoms in total. The summed E-state index contributed by atoms with van der Waals surface area (Å²) in [4.78, 5) is 28.7. The van der Waals surface area contributed by atoms with Gasteiger partial charge >= 0.3 is 11.8 Å². The van der Waals surface area contributed by atoms with Crippen LogP contribution < -0.4 is 15.5 Å². The van der Waals surface area contributed by atoms with Crippen LogP contribution in [0.3, 0.4) is 0 Å². The third-order valence-corrected chi connectivity index (χ3v) is 5.20. The number of rotatable bonds is 5. The van der Waals surface area contributed by atoms with Crippen LogP contribution >= 0.6 is 0 Å². The SMILES string of the molecule is Cc1cccc(C)c1NC(=O)C(=O)NCCN1CCN(c2ccc(F)cc2)CC1. The smallest absolute Gasteiger partial charge is 0.313 e. The highest BCUT2D eigenvalue weighted by Crippen LogP contribution is 2.19. The number of aryl methyl sites for hydroxylation is 2. The zero-order chi connectivity index (χ0) is 20.8. The number of halogens is 1. The predicted octanol–water partition coefficient (Wildman–Crippen LogP) is 2.32. The number of anilines is 2. The van der Waals surface area contributed by atoms with Gasteiger partial charge in [-0.15, -0.1) is 0 Å². The maximum Gasteiger partial charge on any atom is 0.313 e. The van der Waals surface area contributed by atoms with Gasteiger partial charge in [0.15, 0.2) is 0 Å². The lowest BCUT2D eigenvalue weighted by Crippen LogP contribution is -2.49. The van der Waals surface area contributed by atoms with Crippen molar-refractivity contribution in [2.75, 3.05) is 49.5 Å². The third kappa shape index (κ3) is 5.54. The number of carbonyl (C=O) groups excluding carboxylic acids is 2. The number of para-hydroxylation sites is 1. The molecule has 154 valence electrons. The third-order valence-electron chi connectivity index (χ3n) is 5.20. The van der Waals surface area contributed by atoms with E-state index in [-0.39, 0.29) is 5.82 Å². The quantitative estimate of drug-likeness (QED) is 0.759. The minimum atomic E-state index is -0.650. The molecular weight excluding hydrogens is 371 g/mol. The summed E-state index contributed by atoms with van der Waals surface area (Å²) in [5, 5.41) is 5.39. The number of benzene rings is 2. The molecule has 1 aliphatic heterocycles. The van der Waals surface area contributed by atoms with Crippen LogP contribution in [0.5, 0.6) is 0 Å². The number of nitrogens with zero attached hydrogens (tertiary/aromatic N) is 2. The van der Waals surface area contributed by atoms with Crippen LogP contribution in [0.25, 0.3) is 0 Å². The molecule has 0 spiro atoms. The Hall–Kier alpha value is -2.93. The summed E-state index contributed by atoms with van der Waals surface area (Å²) in [6, 6.07) is 12.2. The van der Waals surface area contributed by atoms with Crippen LogP contribution in [0, 0.1) is 19.7 Å². The number of hydrogen-bond donors (Lipinski definition) is 2. The molecule has 0 aliphatic carbocycles. The van der Waals surface area contributed by atoms with Gasteiger partial charge in [0.05, 0.1) is 0 Å². The molecule has 3 rings (SSSR count). The van der Waals surface area contributed by atoms with Crippen LogP contribution in [0.2, 0.25) is 0 Å². The lowest BCUT2D eigenvalue weighted by Gasteiger charge is -2.36. The van der Waals surface area contributed by atoms with Crippen LogP contribution in [0.15, 0.2) is 42.5 Å². The number of nitrogens with one attached hydrogen (secondary N) is 2. The van der Waals surface area contributed by atoms with Crippen LogP contribution in [0.1, 0.15) is 11.1 Å². The lowest BCUT2D eigenvalue weighted by atomic mass is 10.1. The molecule has 1 saturated heterocycles. The molecular formula is C22H27FN4O2. The lowest BCUT2D eigenvalue weighted by molar-refractivity contribution is -0.136. The zero-order valence-electron chi connectivity index (χ0n) is 16.9. The van der Waals surface area contributed by atoms with E-state index >= 15 is 0 Å². The second-order valence-corrected chi connectivity index (χ2v) is 7.28. The monoisotopic (exact) mass is 398 g/mol. The highest BCUT2D eigenvalue weighted by Gasteiger charge is 2.19. The van der Waals surface area contributed by atoms with Crippen molar-refractivity contribution in [2.24, 2.45) is 0 Å². The maximum atomic E-state index is 13.0. The number of hydrogen-bond acceptors (Lipinski definition) is 4. The zero-order valence-corrected chi connectivity index (χ0v) is 16.9. The molecule has 1 heterocycles. The van der Waals surface area contributed by atoms with Crippen molar-refractivity contribution in [3.8, 4) is 0 Å². The first-order valence-electron chi connectivity index (χ1n) is 9.82. The van der Waals surface area contributed by atoms with Crippen molar-refractivity contribution in [1.82, 2.24) is 10.2 Å². The molecule has 0 unspecified atom stereocenters. The van der Waals surface area contributed by atoms with E-state index in [0.29, 0.717) is 18.8 Å². The summed E-state index contributed by atoms with van der Waals surface area (Å²) < 4.78 is 13.0. The second-order valence-electron chi connectivity index (χ2n) is 7.28. The summed E-state index contributed by atoms with van der Waals surface area (Å²) in [6.45, 7) is 8.26. The molecule has 0 atom stereocenters. The first-order chi connectivity index (χ1) is 13.9. The summed E-state index contributed by atoms with van der Waals surface area (Å²) in [6.07, 6.45) is 0. The fourth-order valence-corrected chi connectivity index (χ4v) is 3.47. The Balaban J connectivity index is 1.39. The van der Waals surface area contributed by atoms with Gasteiger partial charge in [-0.3, -0.25) is 14.5 Å². The topological polar surface area (TPSA) is 64.7 Å². The summed E-state index contributed by atoms with van der Waals surface area (Å²) in [5.74, 6) is -1.51. The average molecular weight is 398 g/mol. The fourth-order valence-electron chi connectivity index (χ4n) is 3.47. The summed E-state index contributed by atoms with van der Waals surface area (Å²) in [5.41, 5.74) is 3.54. The van der Waals surface area contributed by atoms with Gasteiger partial charge in [0.1, 0.15) is 5.82 Å². The molecule has 2 amide bonds. The highest BCUT2D eigenvalue weighted by atomic mass is 19.1. The number of piperazine rings is 1. The highest BCUT2D eigenvalue weighted by molar-refractivity contribution is 6.39. The van der Waals surface area contributed by atoms with Gasteiger partial charge in [0, 0.05) is 50.6 Å². The predicted molar refractivity (Wildman–Crippen MR) is 113 cm³/mol. The first-order valence-corrected chi connectivity index (χ1v) is 9.82. The van der Waals surface area contributed by atoms with Crippen molar-refractivity contribution in [2.45, 2.75) is 13.8 Å². The number of amides is 2. The fraction of sp³-hybridized carbons (Fsp3) is 0.364. The maximum absolute atomic E-state index is 13.0. The molecule has 2 aromatic rings. The first kappa shape index (κ1) is 20.8. The molecule has 0 saturated carbocycles. The number of carbonyl (C=O) groups is 2. The molecule has 2 N–H and O–H groups in total. The van der Waals surface area contributed by atoms with Gasteiger partial charge < -0.3 is 15.5 Å². The van der Waals surface area contributed by atoms with Crippen LogP contribution in [-0.4, -0.2) is 56.0 Å². The molecule has 1 fully saturated rings. The van der Waals surface area contributed by atoms with Gasteiger partial charge in [0.25, 0.3) is 0 Å². The van der Waals surface area contributed by atoms with E-state index in [4.69, 9.17) is 0 Å². The van der Waals surface area contributed by atoms with E-state index < -0.39 is 11.8 Å². The van der Waals surface area contributed by atoms with Gasteiger partial charge in [-0.2, -0.15) is 0 Å². The molecule has 1 aliphatic rings. The van der Waals surface area contributed by atoms with Gasteiger partial charge in [-0.25, -0.2) is 4.39 Å². The average Bonchev–Trinajstić information content (AvgIpc) is 2.72. The molecule has 29 heavy (non-hydrogen) atoms. The standard InChI is InChI=1S/C22H27FN4O2/c1-16-4-3-5-17(2)20(16)25-22(29)21(28)24-10-11-26-12-14-27(15-13-26)19-8-6-18(23)7-9-19/h3-9H,10-15H2,1-2H3,(H,24,28)(H,25,29). The Kier molecular flexibility index (Phi) is 6.82. The van der Waals surface area contributed by atoms with Crippen molar-refractivity contribution in [3.63, 3.8) is 0 Å². The largest absolute Gasteiger partial charge is 0.369 e. The van der Waals surface area contributed by atoms with E-state index in [2.05, 4.69) is 20.4 Å².